The Morgan fingerprint density at radius 2 is 2.00 bits per heavy atom. The summed E-state index contributed by atoms with van der Waals surface area (Å²) >= 11 is 0. The number of amides is 2. The molecule has 1 aliphatic heterocycles. The molecule has 1 aliphatic carbocycles. The molecule has 5 nitrogen and oxygen atoms in total. The number of nitrogens with zero attached hydrogens (tertiary/aromatic N) is 1. The number of carbonyl (C=O) groups is 2. The lowest BCUT2D eigenvalue weighted by molar-refractivity contribution is -0.129. The molecular formula is C20H30ClN3O2. The van der Waals surface area contributed by atoms with Crippen LogP contribution in [0.15, 0.2) is 24.3 Å². The van der Waals surface area contributed by atoms with Crippen molar-refractivity contribution in [3.63, 3.8) is 0 Å². The highest BCUT2D eigenvalue weighted by Crippen LogP contribution is 2.31. The van der Waals surface area contributed by atoms with E-state index < -0.39 is 5.54 Å². The van der Waals surface area contributed by atoms with E-state index in [1.165, 1.54) is 0 Å². The van der Waals surface area contributed by atoms with Crippen molar-refractivity contribution < 1.29 is 9.59 Å². The molecule has 1 saturated carbocycles. The van der Waals surface area contributed by atoms with Gasteiger partial charge in [0.25, 0.3) is 0 Å². The first-order valence-corrected chi connectivity index (χ1v) is 9.38. The van der Waals surface area contributed by atoms with Gasteiger partial charge in [0.15, 0.2) is 0 Å². The summed E-state index contributed by atoms with van der Waals surface area (Å²) in [6.45, 7) is 3.93. The first-order valence-electron chi connectivity index (χ1n) is 9.38. The van der Waals surface area contributed by atoms with Gasteiger partial charge in [0.2, 0.25) is 11.8 Å². The number of benzene rings is 1. The van der Waals surface area contributed by atoms with E-state index >= 15 is 0 Å². The number of halogens is 1. The molecule has 2 atom stereocenters. The summed E-state index contributed by atoms with van der Waals surface area (Å²) in [4.78, 5) is 26.4. The maximum Gasteiger partial charge on any atom is 0.225 e. The second kappa shape index (κ2) is 8.87. The fraction of sp³-hybridized carbons (Fsp3) is 0.600. The molecule has 26 heavy (non-hydrogen) atoms. The summed E-state index contributed by atoms with van der Waals surface area (Å²) in [5.41, 5.74) is 8.11. The van der Waals surface area contributed by atoms with E-state index in [1.807, 2.05) is 36.1 Å². The molecule has 1 aromatic rings. The highest BCUT2D eigenvalue weighted by molar-refractivity contribution is 5.85. The minimum atomic E-state index is -0.413. The molecule has 0 bridgehead atoms. The van der Waals surface area contributed by atoms with Crippen LogP contribution in [-0.4, -0.2) is 28.8 Å². The van der Waals surface area contributed by atoms with Crippen LogP contribution in [0.25, 0.3) is 0 Å². The molecule has 1 heterocycles. The molecule has 2 amide bonds. The van der Waals surface area contributed by atoms with E-state index in [0.717, 1.165) is 49.8 Å². The average Bonchev–Trinajstić information content (AvgIpc) is 2.98. The number of carbonyl (C=O) groups excluding carboxylic acids is 2. The second-order valence-electron chi connectivity index (χ2n) is 7.71. The third-order valence-corrected chi connectivity index (χ3v) is 5.67. The number of hydrogen-bond donors (Lipinski definition) is 2. The molecule has 0 spiro atoms. The van der Waals surface area contributed by atoms with E-state index in [9.17, 15) is 9.59 Å². The normalized spacial score (nSPS) is 25.7. The minimum absolute atomic E-state index is 0. The number of rotatable bonds is 5. The summed E-state index contributed by atoms with van der Waals surface area (Å²) in [6.07, 6.45) is 5.52. The van der Waals surface area contributed by atoms with E-state index in [4.69, 9.17) is 5.73 Å². The molecular weight excluding hydrogens is 350 g/mol. The Kier molecular flexibility index (Phi) is 7.07. The molecule has 1 saturated heterocycles. The van der Waals surface area contributed by atoms with Gasteiger partial charge in [-0.2, -0.15) is 0 Å². The van der Waals surface area contributed by atoms with Crippen molar-refractivity contribution in [1.82, 2.24) is 10.2 Å². The van der Waals surface area contributed by atoms with Crippen LogP contribution >= 0.6 is 12.4 Å². The summed E-state index contributed by atoms with van der Waals surface area (Å²) in [5.74, 6) is 0.158. The van der Waals surface area contributed by atoms with Gasteiger partial charge in [-0.3, -0.25) is 9.59 Å². The first kappa shape index (κ1) is 20.7. The van der Waals surface area contributed by atoms with Crippen molar-refractivity contribution in [3.8, 4) is 0 Å². The van der Waals surface area contributed by atoms with Crippen LogP contribution in [-0.2, 0) is 22.7 Å². The smallest absolute Gasteiger partial charge is 0.225 e. The number of likely N-dealkylation sites (tertiary alicyclic amines) is 1. The lowest BCUT2D eigenvalue weighted by atomic mass is 9.74. The van der Waals surface area contributed by atoms with Crippen LogP contribution in [0.2, 0.25) is 0 Å². The second-order valence-corrected chi connectivity index (χ2v) is 7.71. The van der Waals surface area contributed by atoms with E-state index in [2.05, 4.69) is 5.32 Å². The lowest BCUT2D eigenvalue weighted by Crippen LogP contribution is -2.52. The van der Waals surface area contributed by atoms with Gasteiger partial charge in [-0.1, -0.05) is 37.1 Å². The van der Waals surface area contributed by atoms with Crippen molar-refractivity contribution >= 4 is 24.2 Å². The minimum Gasteiger partial charge on any atom is -0.352 e. The Balaban J connectivity index is 0.00000243. The SMILES string of the molecule is CC1(N)CCCCC1C(=O)NCc1ccccc1CN1CCCC1=O.Cl. The van der Waals surface area contributed by atoms with Gasteiger partial charge in [0, 0.05) is 31.6 Å². The lowest BCUT2D eigenvalue weighted by Gasteiger charge is -2.37. The monoisotopic (exact) mass is 379 g/mol. The molecule has 2 unspecified atom stereocenters. The predicted molar refractivity (Wildman–Crippen MR) is 105 cm³/mol. The summed E-state index contributed by atoms with van der Waals surface area (Å²) in [5, 5.41) is 3.08. The molecule has 1 aromatic carbocycles. The molecule has 2 aliphatic rings. The topological polar surface area (TPSA) is 75.4 Å². The Bertz CT molecular complexity index is 648. The van der Waals surface area contributed by atoms with Gasteiger partial charge in [-0.25, -0.2) is 0 Å². The predicted octanol–water partition coefficient (Wildman–Crippen LogP) is 2.75. The average molecular weight is 380 g/mol. The van der Waals surface area contributed by atoms with E-state index in [0.29, 0.717) is 19.5 Å². The molecule has 0 radical (unpaired) electrons. The molecule has 144 valence electrons. The van der Waals surface area contributed by atoms with Gasteiger partial charge >= 0.3 is 0 Å². The first-order chi connectivity index (χ1) is 12.0. The third kappa shape index (κ3) is 4.77. The van der Waals surface area contributed by atoms with Gasteiger partial charge < -0.3 is 16.0 Å². The highest BCUT2D eigenvalue weighted by atomic mass is 35.5. The molecule has 2 fully saturated rings. The van der Waals surface area contributed by atoms with Crippen molar-refractivity contribution in [2.75, 3.05) is 6.54 Å². The van der Waals surface area contributed by atoms with Crippen LogP contribution < -0.4 is 11.1 Å². The number of hydrogen-bond acceptors (Lipinski definition) is 3. The van der Waals surface area contributed by atoms with Crippen LogP contribution in [0, 0.1) is 5.92 Å². The molecule has 3 N–H and O–H groups in total. The van der Waals surface area contributed by atoms with Crippen LogP contribution in [0.1, 0.15) is 56.6 Å². The Hall–Kier alpha value is -1.59. The third-order valence-electron chi connectivity index (χ3n) is 5.67. The summed E-state index contributed by atoms with van der Waals surface area (Å²) in [7, 11) is 0. The van der Waals surface area contributed by atoms with Crippen molar-refractivity contribution in [1.29, 1.82) is 0 Å². The van der Waals surface area contributed by atoms with Crippen molar-refractivity contribution in [2.45, 2.75) is 64.1 Å². The van der Waals surface area contributed by atoms with Crippen LogP contribution in [0.5, 0.6) is 0 Å². The zero-order valence-electron chi connectivity index (χ0n) is 15.5. The van der Waals surface area contributed by atoms with Crippen LogP contribution in [0.3, 0.4) is 0 Å². The van der Waals surface area contributed by atoms with Gasteiger partial charge in [0.05, 0.1) is 5.92 Å². The molecule has 3 rings (SSSR count). The number of nitrogens with one attached hydrogen (secondary N) is 1. The summed E-state index contributed by atoms with van der Waals surface area (Å²) in [6, 6.07) is 8.03. The Morgan fingerprint density at radius 1 is 1.27 bits per heavy atom. The maximum atomic E-state index is 12.6. The van der Waals surface area contributed by atoms with Crippen molar-refractivity contribution in [2.24, 2.45) is 11.7 Å². The van der Waals surface area contributed by atoms with Gasteiger partial charge in [-0.05, 0) is 37.3 Å². The maximum absolute atomic E-state index is 12.6. The standard InChI is InChI=1S/C20H29N3O2.ClH/c1-20(21)11-5-4-9-17(20)19(25)22-13-15-7-2-3-8-16(15)14-23-12-6-10-18(23)24;/h2-3,7-8,17H,4-6,9-14,21H2,1H3,(H,22,25);1H. The molecule has 0 aromatic heterocycles. The van der Waals surface area contributed by atoms with E-state index in [1.54, 1.807) is 0 Å². The van der Waals surface area contributed by atoms with Crippen LogP contribution in [0.4, 0.5) is 0 Å². The zero-order valence-corrected chi connectivity index (χ0v) is 16.3. The molecule has 6 heteroatoms. The van der Waals surface area contributed by atoms with Gasteiger partial charge in [0.1, 0.15) is 0 Å². The van der Waals surface area contributed by atoms with Crippen molar-refractivity contribution in [3.05, 3.63) is 35.4 Å². The largest absolute Gasteiger partial charge is 0.352 e. The van der Waals surface area contributed by atoms with E-state index in [-0.39, 0.29) is 30.1 Å². The highest BCUT2D eigenvalue weighted by Gasteiger charge is 2.37. The fourth-order valence-corrected chi connectivity index (χ4v) is 4.06. The quantitative estimate of drug-likeness (QED) is 0.825. The fourth-order valence-electron chi connectivity index (χ4n) is 4.06. The Morgan fingerprint density at radius 3 is 2.65 bits per heavy atom. The van der Waals surface area contributed by atoms with Gasteiger partial charge in [-0.15, -0.1) is 12.4 Å². The summed E-state index contributed by atoms with van der Waals surface area (Å²) < 4.78 is 0. The Labute approximate surface area is 162 Å². The number of nitrogens with two attached hydrogens (primary N) is 1. The zero-order chi connectivity index (χ0) is 17.9.